The molecule has 0 unspecified atom stereocenters. The van der Waals surface area contributed by atoms with Crippen molar-refractivity contribution < 1.29 is 14.9 Å². The summed E-state index contributed by atoms with van der Waals surface area (Å²) in [4.78, 5) is 11.3. The Bertz CT molecular complexity index is 537. The van der Waals surface area contributed by atoms with Crippen molar-refractivity contribution in [2.75, 3.05) is 0 Å². The van der Waals surface area contributed by atoms with E-state index in [0.29, 0.717) is 5.92 Å². The van der Waals surface area contributed by atoms with Crippen molar-refractivity contribution in [3.05, 3.63) is 0 Å². The summed E-state index contributed by atoms with van der Waals surface area (Å²) in [6.45, 7) is 16.7. The molecule has 1 N–H and O–H groups in total. The van der Waals surface area contributed by atoms with Gasteiger partial charge in [-0.3, -0.25) is 0 Å². The summed E-state index contributed by atoms with van der Waals surface area (Å²) < 4.78 is 0. The first kappa shape index (κ1) is 19.8. The highest BCUT2D eigenvalue weighted by Gasteiger charge is 2.68. The molecule has 2 rings (SSSR count). The Labute approximate surface area is 148 Å². The number of rotatable bonds is 5. The van der Waals surface area contributed by atoms with Crippen molar-refractivity contribution in [3.8, 4) is 11.8 Å². The van der Waals surface area contributed by atoms with Crippen molar-refractivity contribution in [2.45, 2.75) is 104 Å². The van der Waals surface area contributed by atoms with Crippen molar-refractivity contribution in [1.29, 1.82) is 0 Å². The van der Waals surface area contributed by atoms with Gasteiger partial charge in [0.05, 0.1) is 5.60 Å². The molecule has 0 aromatic rings. The standard InChI is InChI=1S/C21H36O3/c1-9-11-17(2,3)23-24-18(4,5)13-14-21(22)15-16-10-12-20(21,8)19(16,6)7/h16,22H,9-12,15H2,1-8H3/t16-,20+,21-/m0/s1. The van der Waals surface area contributed by atoms with Crippen LogP contribution in [0.3, 0.4) is 0 Å². The largest absolute Gasteiger partial charge is 0.377 e. The number of aliphatic hydroxyl groups is 1. The van der Waals surface area contributed by atoms with E-state index in [1.54, 1.807) is 0 Å². The van der Waals surface area contributed by atoms with Crippen LogP contribution in [-0.4, -0.2) is 21.9 Å². The Morgan fingerprint density at radius 1 is 1.12 bits per heavy atom. The average molecular weight is 337 g/mol. The van der Waals surface area contributed by atoms with E-state index in [-0.39, 0.29) is 16.4 Å². The normalized spacial score (nSPS) is 35.0. The monoisotopic (exact) mass is 336 g/mol. The van der Waals surface area contributed by atoms with Crippen molar-refractivity contribution >= 4 is 0 Å². The zero-order chi connectivity index (χ0) is 18.4. The molecule has 0 heterocycles. The van der Waals surface area contributed by atoms with Crippen LogP contribution in [0.2, 0.25) is 0 Å². The Morgan fingerprint density at radius 3 is 2.21 bits per heavy atom. The third-order valence-corrected chi connectivity index (χ3v) is 6.79. The third kappa shape index (κ3) is 3.26. The van der Waals surface area contributed by atoms with Crippen LogP contribution in [0.15, 0.2) is 0 Å². The molecule has 2 bridgehead atoms. The Hall–Kier alpha value is -0.560. The van der Waals surface area contributed by atoms with Crippen LogP contribution < -0.4 is 0 Å². The Kier molecular flexibility index (Phi) is 4.95. The quantitative estimate of drug-likeness (QED) is 0.442. The van der Waals surface area contributed by atoms with E-state index >= 15 is 0 Å². The highest BCUT2D eigenvalue weighted by atomic mass is 17.2. The molecule has 138 valence electrons. The van der Waals surface area contributed by atoms with Gasteiger partial charge >= 0.3 is 0 Å². The smallest absolute Gasteiger partial charge is 0.158 e. The van der Waals surface area contributed by atoms with Crippen LogP contribution >= 0.6 is 0 Å². The fraction of sp³-hybridized carbons (Fsp3) is 0.905. The van der Waals surface area contributed by atoms with E-state index in [2.05, 4.69) is 39.5 Å². The molecule has 3 nitrogen and oxygen atoms in total. The number of hydrogen-bond donors (Lipinski definition) is 1. The van der Waals surface area contributed by atoms with Gasteiger partial charge in [0.25, 0.3) is 0 Å². The van der Waals surface area contributed by atoms with Crippen LogP contribution in [0.1, 0.15) is 87.5 Å². The molecular formula is C21H36O3. The third-order valence-electron chi connectivity index (χ3n) is 6.79. The fourth-order valence-corrected chi connectivity index (χ4v) is 4.60. The van der Waals surface area contributed by atoms with E-state index < -0.39 is 11.2 Å². The maximum absolute atomic E-state index is 11.3. The molecule has 2 aliphatic carbocycles. The SMILES string of the molecule is CCCC(C)(C)OOC(C)(C)C#C[C@]1(O)C[C@@H]2CC[C@]1(C)C2(C)C. The van der Waals surface area contributed by atoms with Crippen LogP contribution in [0.5, 0.6) is 0 Å². The predicted molar refractivity (Wildman–Crippen MR) is 97.2 cm³/mol. The van der Waals surface area contributed by atoms with Crippen LogP contribution in [0.4, 0.5) is 0 Å². The first-order valence-corrected chi connectivity index (χ1v) is 9.42. The van der Waals surface area contributed by atoms with E-state index in [1.807, 2.05) is 27.7 Å². The molecule has 2 fully saturated rings. The number of hydrogen-bond acceptors (Lipinski definition) is 3. The molecule has 3 atom stereocenters. The second-order valence-electron chi connectivity index (χ2n) is 9.79. The summed E-state index contributed by atoms with van der Waals surface area (Å²) in [5.74, 6) is 6.90. The first-order valence-electron chi connectivity index (χ1n) is 9.42. The minimum absolute atomic E-state index is 0.126. The molecule has 2 saturated carbocycles. The van der Waals surface area contributed by atoms with Gasteiger partial charge in [-0.15, -0.1) is 0 Å². The summed E-state index contributed by atoms with van der Waals surface area (Å²) in [6.07, 6.45) is 4.96. The highest BCUT2D eigenvalue weighted by molar-refractivity contribution is 5.31. The lowest BCUT2D eigenvalue weighted by molar-refractivity contribution is -0.389. The fourth-order valence-electron chi connectivity index (χ4n) is 4.60. The Morgan fingerprint density at radius 2 is 1.75 bits per heavy atom. The molecule has 0 saturated heterocycles. The molecule has 0 radical (unpaired) electrons. The molecule has 3 heteroatoms. The predicted octanol–water partition coefficient (Wildman–Crippen LogP) is 4.87. The molecule has 0 aromatic carbocycles. The summed E-state index contributed by atoms with van der Waals surface area (Å²) in [6, 6.07) is 0. The summed E-state index contributed by atoms with van der Waals surface area (Å²) in [5, 5.41) is 11.3. The summed E-state index contributed by atoms with van der Waals surface area (Å²) >= 11 is 0. The van der Waals surface area contributed by atoms with Gasteiger partial charge in [0.2, 0.25) is 0 Å². The van der Waals surface area contributed by atoms with Crippen LogP contribution in [-0.2, 0) is 9.78 Å². The van der Waals surface area contributed by atoms with Gasteiger partial charge in [-0.2, -0.15) is 0 Å². The molecular weight excluding hydrogens is 300 g/mol. The molecule has 2 aliphatic rings. The van der Waals surface area contributed by atoms with Crippen molar-refractivity contribution in [1.82, 2.24) is 0 Å². The van der Waals surface area contributed by atoms with E-state index in [1.165, 1.54) is 6.42 Å². The van der Waals surface area contributed by atoms with Gasteiger partial charge in [-0.1, -0.05) is 46.0 Å². The lowest BCUT2D eigenvalue weighted by Crippen LogP contribution is -2.46. The van der Waals surface area contributed by atoms with Gasteiger partial charge < -0.3 is 5.11 Å². The van der Waals surface area contributed by atoms with Gasteiger partial charge in [0.1, 0.15) is 5.60 Å². The maximum atomic E-state index is 11.3. The maximum Gasteiger partial charge on any atom is 0.158 e. The second-order valence-corrected chi connectivity index (χ2v) is 9.79. The average Bonchev–Trinajstić information content (AvgIpc) is 2.76. The molecule has 0 amide bonds. The number of fused-ring (bicyclic) bond motifs is 2. The lowest BCUT2D eigenvalue weighted by Gasteiger charge is -2.42. The summed E-state index contributed by atoms with van der Waals surface area (Å²) in [7, 11) is 0. The molecule has 0 aromatic heterocycles. The van der Waals surface area contributed by atoms with Gasteiger partial charge in [-0.05, 0) is 64.7 Å². The van der Waals surface area contributed by atoms with Crippen LogP contribution in [0, 0.1) is 28.6 Å². The summed E-state index contributed by atoms with van der Waals surface area (Å²) in [5.41, 5.74) is -2.04. The topological polar surface area (TPSA) is 38.7 Å². The lowest BCUT2D eigenvalue weighted by atomic mass is 9.64. The second kappa shape index (κ2) is 6.01. The molecule has 24 heavy (non-hydrogen) atoms. The minimum atomic E-state index is -0.932. The Balaban J connectivity index is 2.11. The van der Waals surface area contributed by atoms with Crippen molar-refractivity contribution in [3.63, 3.8) is 0 Å². The zero-order valence-corrected chi connectivity index (χ0v) is 16.9. The zero-order valence-electron chi connectivity index (χ0n) is 16.9. The van der Waals surface area contributed by atoms with E-state index in [4.69, 9.17) is 9.78 Å². The minimum Gasteiger partial charge on any atom is -0.377 e. The molecule has 0 aliphatic heterocycles. The van der Waals surface area contributed by atoms with Gasteiger partial charge in [0.15, 0.2) is 5.60 Å². The highest BCUT2D eigenvalue weighted by Crippen LogP contribution is 2.69. The van der Waals surface area contributed by atoms with Crippen LogP contribution in [0.25, 0.3) is 0 Å². The van der Waals surface area contributed by atoms with Crippen molar-refractivity contribution in [2.24, 2.45) is 16.7 Å². The van der Waals surface area contributed by atoms with Gasteiger partial charge in [0, 0.05) is 5.41 Å². The first-order chi connectivity index (χ1) is 10.8. The van der Waals surface area contributed by atoms with E-state index in [0.717, 1.165) is 25.7 Å². The van der Waals surface area contributed by atoms with Gasteiger partial charge in [-0.25, -0.2) is 9.78 Å². The molecule has 0 spiro atoms. The van der Waals surface area contributed by atoms with E-state index in [9.17, 15) is 5.11 Å².